The van der Waals surface area contributed by atoms with Crippen LogP contribution in [0.15, 0.2) is 36.4 Å². The molecule has 0 aliphatic heterocycles. The third-order valence-electron chi connectivity index (χ3n) is 2.72. The van der Waals surface area contributed by atoms with Crippen LogP contribution in [0.3, 0.4) is 0 Å². The van der Waals surface area contributed by atoms with E-state index in [-0.39, 0.29) is 10.6 Å². The van der Waals surface area contributed by atoms with Crippen LogP contribution in [-0.4, -0.2) is 5.91 Å². The molecular weight excluding hydrogens is 279 g/mol. The minimum absolute atomic E-state index is 0.0453. The second kappa shape index (κ2) is 5.72. The number of rotatable bonds is 2. The highest BCUT2D eigenvalue weighted by Gasteiger charge is 2.12. The molecule has 0 aromatic heterocycles. The Kier molecular flexibility index (Phi) is 4.02. The molecule has 0 atom stereocenters. The van der Waals surface area contributed by atoms with E-state index in [2.05, 4.69) is 5.32 Å². The van der Waals surface area contributed by atoms with Crippen LogP contribution in [0.5, 0.6) is 0 Å². The van der Waals surface area contributed by atoms with Crippen molar-refractivity contribution in [3.05, 3.63) is 63.9 Å². The zero-order valence-electron chi connectivity index (χ0n) is 10.6. The lowest BCUT2D eigenvalue weighted by Crippen LogP contribution is -2.13. The monoisotopic (exact) mass is 288 g/mol. The van der Waals surface area contributed by atoms with Crippen molar-refractivity contribution in [1.82, 2.24) is 0 Å². The van der Waals surface area contributed by atoms with Crippen molar-refractivity contribution in [1.29, 1.82) is 5.26 Å². The maximum absolute atomic E-state index is 13.7. The summed E-state index contributed by atoms with van der Waals surface area (Å²) in [4.78, 5) is 12.0. The highest BCUT2D eigenvalue weighted by molar-refractivity contribution is 6.32. The summed E-state index contributed by atoms with van der Waals surface area (Å²) in [6, 6.07) is 10.8. The van der Waals surface area contributed by atoms with Gasteiger partial charge in [-0.15, -0.1) is 0 Å². The second-order valence-electron chi connectivity index (χ2n) is 4.24. The van der Waals surface area contributed by atoms with Gasteiger partial charge in [-0.2, -0.15) is 5.26 Å². The number of benzene rings is 2. The van der Waals surface area contributed by atoms with Gasteiger partial charge in [0.15, 0.2) is 0 Å². The van der Waals surface area contributed by atoms with Crippen LogP contribution in [0, 0.1) is 24.1 Å². The number of nitrogens with one attached hydrogen (secondary N) is 1. The van der Waals surface area contributed by atoms with E-state index in [1.165, 1.54) is 30.3 Å². The lowest BCUT2D eigenvalue weighted by Gasteiger charge is -2.07. The van der Waals surface area contributed by atoms with Gasteiger partial charge in [0.1, 0.15) is 11.9 Å². The van der Waals surface area contributed by atoms with Crippen molar-refractivity contribution < 1.29 is 9.18 Å². The number of halogens is 2. The summed E-state index contributed by atoms with van der Waals surface area (Å²) >= 11 is 5.86. The van der Waals surface area contributed by atoms with Gasteiger partial charge in [0, 0.05) is 5.69 Å². The Morgan fingerprint density at radius 3 is 2.65 bits per heavy atom. The standard InChI is InChI=1S/C15H10ClFN2O/c1-9-2-5-12(14(17)6-9)15(20)19-11-4-3-10(8-18)13(16)7-11/h2-7H,1H3,(H,19,20). The van der Waals surface area contributed by atoms with Crippen LogP contribution in [0.1, 0.15) is 21.5 Å². The van der Waals surface area contributed by atoms with Gasteiger partial charge in [0.25, 0.3) is 5.91 Å². The molecular formula is C15H10ClFN2O. The van der Waals surface area contributed by atoms with Crippen molar-refractivity contribution in [2.24, 2.45) is 0 Å². The van der Waals surface area contributed by atoms with Crippen molar-refractivity contribution in [2.75, 3.05) is 5.32 Å². The zero-order chi connectivity index (χ0) is 14.7. The zero-order valence-corrected chi connectivity index (χ0v) is 11.3. The van der Waals surface area contributed by atoms with Gasteiger partial charge in [-0.3, -0.25) is 4.79 Å². The van der Waals surface area contributed by atoms with Crippen LogP contribution in [0.25, 0.3) is 0 Å². The van der Waals surface area contributed by atoms with Gasteiger partial charge in [0.2, 0.25) is 0 Å². The lowest BCUT2D eigenvalue weighted by molar-refractivity contribution is 0.102. The summed E-state index contributed by atoms with van der Waals surface area (Å²) in [6.07, 6.45) is 0. The number of hydrogen-bond acceptors (Lipinski definition) is 2. The largest absolute Gasteiger partial charge is 0.322 e. The molecule has 0 fully saturated rings. The predicted molar refractivity (Wildman–Crippen MR) is 75.3 cm³/mol. The van der Waals surface area contributed by atoms with Crippen molar-refractivity contribution in [3.63, 3.8) is 0 Å². The lowest BCUT2D eigenvalue weighted by atomic mass is 10.1. The summed E-state index contributed by atoms with van der Waals surface area (Å²) in [5.41, 5.74) is 1.40. The SMILES string of the molecule is Cc1ccc(C(=O)Nc2ccc(C#N)c(Cl)c2)c(F)c1. The van der Waals surface area contributed by atoms with Crippen LogP contribution < -0.4 is 5.32 Å². The third-order valence-corrected chi connectivity index (χ3v) is 3.03. The van der Waals surface area contributed by atoms with E-state index in [1.807, 2.05) is 6.07 Å². The van der Waals surface area contributed by atoms with E-state index in [0.717, 1.165) is 5.56 Å². The molecule has 20 heavy (non-hydrogen) atoms. The van der Waals surface area contributed by atoms with Gasteiger partial charge < -0.3 is 5.32 Å². The molecule has 5 heteroatoms. The predicted octanol–water partition coefficient (Wildman–Crippen LogP) is 3.91. The molecule has 0 bridgehead atoms. The summed E-state index contributed by atoms with van der Waals surface area (Å²) in [5, 5.41) is 11.5. The fraction of sp³-hybridized carbons (Fsp3) is 0.0667. The van der Waals surface area contributed by atoms with E-state index in [1.54, 1.807) is 13.0 Å². The summed E-state index contributed by atoms with van der Waals surface area (Å²) in [6.45, 7) is 1.74. The molecule has 1 N–H and O–H groups in total. The van der Waals surface area contributed by atoms with Crippen LogP contribution >= 0.6 is 11.6 Å². The molecule has 100 valence electrons. The fourth-order valence-electron chi connectivity index (χ4n) is 1.69. The maximum atomic E-state index is 13.7. The average Bonchev–Trinajstić information content (AvgIpc) is 2.38. The molecule has 0 aliphatic rings. The Labute approximate surface area is 120 Å². The fourth-order valence-corrected chi connectivity index (χ4v) is 1.91. The summed E-state index contributed by atoms with van der Waals surface area (Å²) in [5.74, 6) is -1.15. The summed E-state index contributed by atoms with van der Waals surface area (Å²) < 4.78 is 13.7. The molecule has 0 unspecified atom stereocenters. The molecule has 0 spiro atoms. The van der Waals surface area contributed by atoms with Gasteiger partial charge >= 0.3 is 0 Å². The minimum atomic E-state index is -0.581. The summed E-state index contributed by atoms with van der Waals surface area (Å²) in [7, 11) is 0. The first kappa shape index (κ1) is 14.0. The first-order valence-electron chi connectivity index (χ1n) is 5.78. The maximum Gasteiger partial charge on any atom is 0.258 e. The van der Waals surface area contributed by atoms with E-state index >= 15 is 0 Å². The number of hydrogen-bond donors (Lipinski definition) is 1. The third kappa shape index (κ3) is 2.95. The van der Waals surface area contributed by atoms with Crippen LogP contribution in [-0.2, 0) is 0 Å². The van der Waals surface area contributed by atoms with E-state index in [4.69, 9.17) is 16.9 Å². The Hall–Kier alpha value is -2.38. The van der Waals surface area contributed by atoms with Crippen molar-refractivity contribution in [3.8, 4) is 6.07 Å². The highest BCUT2D eigenvalue weighted by Crippen LogP contribution is 2.21. The van der Waals surface area contributed by atoms with E-state index in [9.17, 15) is 9.18 Å². The molecule has 2 rings (SSSR count). The van der Waals surface area contributed by atoms with Gasteiger partial charge in [-0.05, 0) is 42.8 Å². The first-order valence-corrected chi connectivity index (χ1v) is 6.16. The van der Waals surface area contributed by atoms with Crippen molar-refractivity contribution >= 4 is 23.2 Å². The van der Waals surface area contributed by atoms with Gasteiger partial charge in [-0.25, -0.2) is 4.39 Å². The smallest absolute Gasteiger partial charge is 0.258 e. The molecule has 0 saturated carbocycles. The number of amides is 1. The molecule has 1 amide bonds. The number of carbonyl (C=O) groups is 1. The topological polar surface area (TPSA) is 52.9 Å². The van der Waals surface area contributed by atoms with Crippen LogP contribution in [0.2, 0.25) is 5.02 Å². The molecule has 0 heterocycles. The quantitative estimate of drug-likeness (QED) is 0.911. The Morgan fingerprint density at radius 2 is 2.05 bits per heavy atom. The van der Waals surface area contributed by atoms with E-state index < -0.39 is 11.7 Å². The first-order chi connectivity index (χ1) is 9.51. The molecule has 0 aliphatic carbocycles. The Morgan fingerprint density at radius 1 is 1.30 bits per heavy atom. The number of nitrogens with zero attached hydrogens (tertiary/aromatic N) is 1. The number of anilines is 1. The second-order valence-corrected chi connectivity index (χ2v) is 4.65. The Bertz CT molecular complexity index is 722. The molecule has 0 radical (unpaired) electrons. The minimum Gasteiger partial charge on any atom is -0.322 e. The highest BCUT2D eigenvalue weighted by atomic mass is 35.5. The number of carbonyl (C=O) groups excluding carboxylic acids is 1. The van der Waals surface area contributed by atoms with Gasteiger partial charge in [0.05, 0.1) is 16.1 Å². The van der Waals surface area contributed by atoms with Crippen molar-refractivity contribution in [2.45, 2.75) is 6.92 Å². The molecule has 2 aromatic carbocycles. The average molecular weight is 289 g/mol. The molecule has 2 aromatic rings. The molecule has 3 nitrogen and oxygen atoms in total. The number of aryl methyl sites for hydroxylation is 1. The van der Waals surface area contributed by atoms with E-state index in [0.29, 0.717) is 11.3 Å². The van der Waals surface area contributed by atoms with Gasteiger partial charge in [-0.1, -0.05) is 17.7 Å². The normalized spacial score (nSPS) is 9.90. The number of nitriles is 1. The van der Waals surface area contributed by atoms with Crippen LogP contribution in [0.4, 0.5) is 10.1 Å². The Balaban J connectivity index is 2.24. The molecule has 0 saturated heterocycles.